The second-order valence-corrected chi connectivity index (χ2v) is 22.0. The van der Waals surface area contributed by atoms with E-state index in [0.29, 0.717) is 19.3 Å². The fraction of sp³-hybridized carbons (Fsp3) is 0.667. The van der Waals surface area contributed by atoms with Crippen molar-refractivity contribution in [2.75, 3.05) is 13.2 Å². The van der Waals surface area contributed by atoms with E-state index in [-0.39, 0.29) is 31.1 Å². The molecule has 0 aromatic heterocycles. The molecule has 0 fully saturated rings. The summed E-state index contributed by atoms with van der Waals surface area (Å²) in [5, 5.41) is 0. The molecular weight excluding hydrogens is 997 g/mol. The maximum absolute atomic E-state index is 12.9. The number of ether oxygens (including phenoxy) is 3. The monoisotopic (exact) mass is 1120 g/mol. The molecule has 0 saturated carbocycles. The van der Waals surface area contributed by atoms with E-state index in [1.54, 1.807) is 0 Å². The number of hydrogen-bond acceptors (Lipinski definition) is 6. The van der Waals surface area contributed by atoms with Crippen LogP contribution in [0.2, 0.25) is 0 Å². The average molecular weight is 1120 g/mol. The summed E-state index contributed by atoms with van der Waals surface area (Å²) in [5.74, 6) is -0.918. The van der Waals surface area contributed by atoms with Gasteiger partial charge in [-0.25, -0.2) is 0 Å². The Balaban J connectivity index is 4.31. The summed E-state index contributed by atoms with van der Waals surface area (Å²) >= 11 is 0. The zero-order chi connectivity index (χ0) is 58.5. The first kappa shape index (κ1) is 76.5. The number of allylic oxidation sites excluding steroid dienone is 22. The van der Waals surface area contributed by atoms with E-state index in [2.05, 4.69) is 154 Å². The summed E-state index contributed by atoms with van der Waals surface area (Å²) < 4.78 is 16.9. The van der Waals surface area contributed by atoms with Gasteiger partial charge >= 0.3 is 17.9 Å². The number of rotatable bonds is 60. The second-order valence-electron chi connectivity index (χ2n) is 22.0. The molecule has 0 saturated heterocycles. The summed E-state index contributed by atoms with van der Waals surface area (Å²) in [6, 6.07) is 0. The van der Waals surface area contributed by atoms with Crippen LogP contribution >= 0.6 is 0 Å². The van der Waals surface area contributed by atoms with Crippen molar-refractivity contribution in [3.63, 3.8) is 0 Å². The van der Waals surface area contributed by atoms with Crippen LogP contribution in [0, 0.1) is 0 Å². The van der Waals surface area contributed by atoms with Gasteiger partial charge in [0.25, 0.3) is 0 Å². The molecular formula is C75H124O6. The van der Waals surface area contributed by atoms with Crippen molar-refractivity contribution in [1.29, 1.82) is 0 Å². The van der Waals surface area contributed by atoms with Gasteiger partial charge in [0.05, 0.1) is 0 Å². The molecule has 1 atom stereocenters. The summed E-state index contributed by atoms with van der Waals surface area (Å²) in [6.45, 7) is 6.47. The second kappa shape index (κ2) is 68.1. The van der Waals surface area contributed by atoms with Gasteiger partial charge in [-0.2, -0.15) is 0 Å². The minimum absolute atomic E-state index is 0.0924. The molecule has 0 spiro atoms. The molecule has 6 nitrogen and oxygen atoms in total. The number of carbonyl (C=O) groups excluding carboxylic acids is 3. The van der Waals surface area contributed by atoms with Crippen LogP contribution in [0.1, 0.15) is 303 Å². The third-order valence-corrected chi connectivity index (χ3v) is 14.1. The van der Waals surface area contributed by atoms with Crippen LogP contribution in [-0.4, -0.2) is 37.2 Å². The lowest BCUT2D eigenvalue weighted by molar-refractivity contribution is -0.167. The number of carbonyl (C=O) groups is 3. The quantitative estimate of drug-likeness (QED) is 0.0261. The molecule has 0 aromatic rings. The van der Waals surface area contributed by atoms with E-state index in [9.17, 15) is 14.4 Å². The molecule has 0 aliphatic heterocycles. The Labute approximate surface area is 500 Å². The van der Waals surface area contributed by atoms with Gasteiger partial charge in [0.1, 0.15) is 13.2 Å². The van der Waals surface area contributed by atoms with Crippen molar-refractivity contribution in [1.82, 2.24) is 0 Å². The largest absolute Gasteiger partial charge is 0.462 e. The van der Waals surface area contributed by atoms with Gasteiger partial charge in [-0.15, -0.1) is 0 Å². The third kappa shape index (κ3) is 66.2. The summed E-state index contributed by atoms with van der Waals surface area (Å²) in [6.07, 6.45) is 96.0. The van der Waals surface area contributed by atoms with Crippen molar-refractivity contribution in [2.45, 2.75) is 309 Å². The maximum atomic E-state index is 12.9. The van der Waals surface area contributed by atoms with Crippen LogP contribution in [0.3, 0.4) is 0 Å². The highest BCUT2D eigenvalue weighted by molar-refractivity contribution is 5.71. The normalized spacial score (nSPS) is 13.0. The zero-order valence-corrected chi connectivity index (χ0v) is 52.8. The molecule has 0 radical (unpaired) electrons. The lowest BCUT2D eigenvalue weighted by Crippen LogP contribution is -2.30. The van der Waals surface area contributed by atoms with Gasteiger partial charge in [-0.05, 0) is 135 Å². The van der Waals surface area contributed by atoms with Crippen LogP contribution in [0.4, 0.5) is 0 Å². The summed E-state index contributed by atoms with van der Waals surface area (Å²) in [5.41, 5.74) is 0. The van der Waals surface area contributed by atoms with Crippen molar-refractivity contribution in [3.05, 3.63) is 134 Å². The molecule has 460 valence electrons. The van der Waals surface area contributed by atoms with Gasteiger partial charge in [0.2, 0.25) is 0 Å². The number of unbranched alkanes of at least 4 members (excludes halogenated alkanes) is 27. The Kier molecular flexibility index (Phi) is 64.3. The average Bonchev–Trinajstić information content (AvgIpc) is 3.47. The first-order chi connectivity index (χ1) is 40.0. The standard InChI is InChI=1S/C75H124O6/c1-4-7-10-13-16-19-22-25-28-30-31-32-33-34-35-36-37-38-39-40-41-42-43-44-45-46-48-50-53-56-59-62-65-68-74(77)80-71-72(70-79-73(76)67-64-61-58-55-52-49-27-24-21-18-15-12-9-6-3)81-75(78)69-66-63-60-57-54-51-47-29-26-23-20-17-14-11-8-5-2/h7,10,15-16,18-19,24-25,27-29,31-32,34-35,37-38,40-41,43-44,47,72H,4-6,8-9,11-14,17,20-23,26,30,33,36,39,42,45-46,48-71H2,1-3H3/b10-7-,18-15-,19-16-,27-24-,28-25-,32-31-,35-34-,38-37-,41-40-,44-43-,47-29-. The van der Waals surface area contributed by atoms with Crippen LogP contribution in [-0.2, 0) is 28.6 Å². The fourth-order valence-electron chi connectivity index (χ4n) is 9.06. The van der Waals surface area contributed by atoms with Crippen molar-refractivity contribution >= 4 is 17.9 Å². The van der Waals surface area contributed by atoms with E-state index in [4.69, 9.17) is 14.2 Å². The maximum Gasteiger partial charge on any atom is 0.306 e. The summed E-state index contributed by atoms with van der Waals surface area (Å²) in [4.78, 5) is 38.3. The Morgan fingerprint density at radius 3 is 0.802 bits per heavy atom. The highest BCUT2D eigenvalue weighted by atomic mass is 16.6. The lowest BCUT2D eigenvalue weighted by atomic mass is 10.1. The third-order valence-electron chi connectivity index (χ3n) is 14.1. The highest BCUT2D eigenvalue weighted by Gasteiger charge is 2.19. The molecule has 0 heterocycles. The number of hydrogen-bond donors (Lipinski definition) is 0. The Morgan fingerprint density at radius 1 is 0.259 bits per heavy atom. The highest BCUT2D eigenvalue weighted by Crippen LogP contribution is 2.15. The molecule has 0 N–H and O–H groups in total. The molecule has 81 heavy (non-hydrogen) atoms. The first-order valence-corrected chi connectivity index (χ1v) is 33.7. The van der Waals surface area contributed by atoms with Gasteiger partial charge in [-0.1, -0.05) is 283 Å². The van der Waals surface area contributed by atoms with Crippen molar-refractivity contribution < 1.29 is 28.6 Å². The Morgan fingerprint density at radius 2 is 0.494 bits per heavy atom. The Hall–Kier alpha value is -4.45. The molecule has 0 rings (SSSR count). The summed E-state index contributed by atoms with van der Waals surface area (Å²) in [7, 11) is 0. The first-order valence-electron chi connectivity index (χ1n) is 33.7. The van der Waals surface area contributed by atoms with Gasteiger partial charge in [0.15, 0.2) is 6.10 Å². The topological polar surface area (TPSA) is 78.9 Å². The van der Waals surface area contributed by atoms with E-state index >= 15 is 0 Å². The van der Waals surface area contributed by atoms with Crippen LogP contribution in [0.15, 0.2) is 134 Å². The van der Waals surface area contributed by atoms with E-state index in [0.717, 1.165) is 154 Å². The van der Waals surface area contributed by atoms with Crippen molar-refractivity contribution in [2.24, 2.45) is 0 Å². The Bertz CT molecular complexity index is 1720. The van der Waals surface area contributed by atoms with Crippen molar-refractivity contribution in [3.8, 4) is 0 Å². The van der Waals surface area contributed by atoms with E-state index in [1.807, 2.05) is 0 Å². The zero-order valence-electron chi connectivity index (χ0n) is 52.8. The van der Waals surface area contributed by atoms with Crippen LogP contribution in [0.25, 0.3) is 0 Å². The van der Waals surface area contributed by atoms with Gasteiger partial charge < -0.3 is 14.2 Å². The number of esters is 3. The SMILES string of the molecule is CC/C=C\C/C=C\C/C=C\C/C=C\C/C=C\C/C=C\C/C=C\C/C=C\CCCCCCCCCCC(=O)OCC(COC(=O)CCCCCCC/C=C\C/C=C\CCCC)OC(=O)CCCCCCC/C=C\CCCCCCCCC. The predicted octanol–water partition coefficient (Wildman–Crippen LogP) is 23.3. The molecule has 0 bridgehead atoms. The minimum Gasteiger partial charge on any atom is -0.462 e. The minimum atomic E-state index is -0.796. The molecule has 0 aromatic carbocycles. The smallest absolute Gasteiger partial charge is 0.306 e. The van der Waals surface area contributed by atoms with Gasteiger partial charge in [0, 0.05) is 19.3 Å². The lowest BCUT2D eigenvalue weighted by Gasteiger charge is -2.18. The molecule has 0 aliphatic rings. The van der Waals surface area contributed by atoms with Crippen LogP contribution in [0.5, 0.6) is 0 Å². The molecule has 0 amide bonds. The molecule has 0 aliphatic carbocycles. The van der Waals surface area contributed by atoms with Gasteiger partial charge in [-0.3, -0.25) is 14.4 Å². The van der Waals surface area contributed by atoms with E-state index in [1.165, 1.54) is 109 Å². The van der Waals surface area contributed by atoms with E-state index < -0.39 is 6.10 Å². The fourth-order valence-corrected chi connectivity index (χ4v) is 9.06. The molecule has 6 heteroatoms. The predicted molar refractivity (Wildman–Crippen MR) is 353 cm³/mol. The molecule has 1 unspecified atom stereocenters. The van der Waals surface area contributed by atoms with Crippen LogP contribution < -0.4 is 0 Å².